The maximum atomic E-state index is 12.5. The molecule has 2 unspecified atom stereocenters. The van der Waals surface area contributed by atoms with E-state index in [0.29, 0.717) is 17.1 Å². The Hall–Kier alpha value is -1.07. The lowest BCUT2D eigenvalue weighted by molar-refractivity contribution is 0.413. The third-order valence-corrected chi connectivity index (χ3v) is 5.49. The summed E-state index contributed by atoms with van der Waals surface area (Å²) < 4.78 is 30.1. The summed E-state index contributed by atoms with van der Waals surface area (Å²) in [6.45, 7) is 6.79. The van der Waals surface area contributed by atoms with E-state index in [1.807, 2.05) is 6.92 Å². The van der Waals surface area contributed by atoms with Crippen LogP contribution < -0.4 is 10.1 Å². The maximum Gasteiger partial charge on any atom is 0.181 e. The molecule has 0 aliphatic carbocycles. The van der Waals surface area contributed by atoms with Crippen LogP contribution in [0.25, 0.3) is 0 Å². The highest BCUT2D eigenvalue weighted by atomic mass is 32.2. The molecule has 0 aromatic heterocycles. The quantitative estimate of drug-likeness (QED) is 0.802. The van der Waals surface area contributed by atoms with Gasteiger partial charge in [0.15, 0.2) is 9.84 Å². The van der Waals surface area contributed by atoms with Gasteiger partial charge in [0, 0.05) is 6.04 Å². The number of rotatable bonds is 8. The molecule has 2 atom stereocenters. The summed E-state index contributed by atoms with van der Waals surface area (Å²) in [7, 11) is -1.78. The van der Waals surface area contributed by atoms with Gasteiger partial charge in [-0.1, -0.05) is 13.0 Å². The maximum absolute atomic E-state index is 12.5. The molecule has 0 amide bonds. The summed E-state index contributed by atoms with van der Waals surface area (Å²) in [5.41, 5.74) is 0. The smallest absolute Gasteiger partial charge is 0.181 e. The SMILES string of the molecule is CCCNC(C)CC(C)S(=O)(=O)c1cccc(OC)c1. The Kier molecular flexibility index (Phi) is 6.49. The van der Waals surface area contributed by atoms with E-state index in [1.165, 1.54) is 7.11 Å². The third-order valence-electron chi connectivity index (χ3n) is 3.33. The van der Waals surface area contributed by atoms with Crippen molar-refractivity contribution in [1.82, 2.24) is 5.32 Å². The number of methoxy groups -OCH3 is 1. The molecule has 0 aliphatic rings. The summed E-state index contributed by atoms with van der Waals surface area (Å²) >= 11 is 0. The molecule has 0 saturated heterocycles. The first kappa shape index (κ1) is 17.0. The van der Waals surface area contributed by atoms with E-state index in [9.17, 15) is 8.42 Å². The summed E-state index contributed by atoms with van der Waals surface area (Å²) in [6.07, 6.45) is 1.64. The van der Waals surface area contributed by atoms with E-state index in [1.54, 1.807) is 31.2 Å². The molecule has 0 radical (unpaired) electrons. The number of sulfone groups is 1. The van der Waals surface area contributed by atoms with Crippen molar-refractivity contribution in [2.75, 3.05) is 13.7 Å². The van der Waals surface area contributed by atoms with Gasteiger partial charge in [0.2, 0.25) is 0 Å². The zero-order valence-electron chi connectivity index (χ0n) is 12.7. The van der Waals surface area contributed by atoms with Crippen LogP contribution in [0.4, 0.5) is 0 Å². The normalized spacial score (nSPS) is 14.8. The molecule has 1 N–H and O–H groups in total. The van der Waals surface area contributed by atoms with E-state index in [2.05, 4.69) is 12.2 Å². The van der Waals surface area contributed by atoms with E-state index in [-0.39, 0.29) is 6.04 Å². The number of benzene rings is 1. The van der Waals surface area contributed by atoms with Crippen LogP contribution in [0.2, 0.25) is 0 Å². The fourth-order valence-electron chi connectivity index (χ4n) is 2.11. The van der Waals surface area contributed by atoms with Crippen LogP contribution in [-0.2, 0) is 9.84 Å². The lowest BCUT2D eigenvalue weighted by Crippen LogP contribution is -2.32. The van der Waals surface area contributed by atoms with Crippen molar-refractivity contribution in [3.05, 3.63) is 24.3 Å². The zero-order chi connectivity index (χ0) is 15.2. The predicted octanol–water partition coefficient (Wildman–Crippen LogP) is 2.64. The average Bonchev–Trinajstić information content (AvgIpc) is 2.45. The van der Waals surface area contributed by atoms with Crippen molar-refractivity contribution in [1.29, 1.82) is 0 Å². The Morgan fingerprint density at radius 1 is 1.30 bits per heavy atom. The van der Waals surface area contributed by atoms with Crippen LogP contribution >= 0.6 is 0 Å². The van der Waals surface area contributed by atoms with Crippen LogP contribution in [0.3, 0.4) is 0 Å². The summed E-state index contributed by atoms with van der Waals surface area (Å²) in [5.74, 6) is 0.565. The standard InChI is InChI=1S/C15H25NO3S/c1-5-9-16-12(2)10-13(3)20(17,18)15-8-6-7-14(11-15)19-4/h6-8,11-13,16H,5,9-10H2,1-4H3. The fraction of sp³-hybridized carbons (Fsp3) is 0.600. The molecule has 114 valence electrons. The summed E-state index contributed by atoms with van der Waals surface area (Å²) in [6, 6.07) is 6.84. The van der Waals surface area contributed by atoms with Crippen molar-refractivity contribution < 1.29 is 13.2 Å². The Balaban J connectivity index is 2.81. The van der Waals surface area contributed by atoms with E-state index >= 15 is 0 Å². The molecule has 0 fully saturated rings. The Morgan fingerprint density at radius 3 is 2.60 bits per heavy atom. The second-order valence-electron chi connectivity index (χ2n) is 5.13. The van der Waals surface area contributed by atoms with Crippen molar-refractivity contribution in [3.63, 3.8) is 0 Å². The molecule has 1 rings (SSSR count). The van der Waals surface area contributed by atoms with Gasteiger partial charge in [-0.25, -0.2) is 8.42 Å². The molecular weight excluding hydrogens is 274 g/mol. The molecule has 0 aliphatic heterocycles. The molecule has 0 saturated carbocycles. The Bertz CT molecular complexity index is 514. The van der Waals surface area contributed by atoms with Crippen LogP contribution in [0.5, 0.6) is 5.75 Å². The van der Waals surface area contributed by atoms with E-state index in [0.717, 1.165) is 13.0 Å². The first-order valence-electron chi connectivity index (χ1n) is 7.03. The monoisotopic (exact) mass is 299 g/mol. The number of hydrogen-bond donors (Lipinski definition) is 1. The van der Waals surface area contributed by atoms with Gasteiger partial charge in [-0.05, 0) is 51.4 Å². The first-order valence-corrected chi connectivity index (χ1v) is 8.57. The predicted molar refractivity (Wildman–Crippen MR) is 82.0 cm³/mol. The largest absolute Gasteiger partial charge is 0.497 e. The molecule has 0 bridgehead atoms. The van der Waals surface area contributed by atoms with Gasteiger partial charge in [0.25, 0.3) is 0 Å². The van der Waals surface area contributed by atoms with Gasteiger partial charge in [-0.3, -0.25) is 0 Å². The third kappa shape index (κ3) is 4.49. The van der Waals surface area contributed by atoms with E-state index in [4.69, 9.17) is 4.74 Å². The van der Waals surface area contributed by atoms with Gasteiger partial charge < -0.3 is 10.1 Å². The average molecular weight is 299 g/mol. The van der Waals surface area contributed by atoms with Gasteiger partial charge in [-0.2, -0.15) is 0 Å². The molecule has 0 heterocycles. The number of nitrogens with one attached hydrogen (secondary N) is 1. The molecule has 0 spiro atoms. The van der Waals surface area contributed by atoms with Gasteiger partial charge in [0.05, 0.1) is 17.3 Å². The van der Waals surface area contributed by atoms with Crippen molar-refractivity contribution in [3.8, 4) is 5.75 Å². The molecule has 4 nitrogen and oxygen atoms in total. The van der Waals surface area contributed by atoms with Crippen molar-refractivity contribution in [2.24, 2.45) is 0 Å². The Labute approximate surface area is 122 Å². The van der Waals surface area contributed by atoms with Gasteiger partial charge >= 0.3 is 0 Å². The second-order valence-corrected chi connectivity index (χ2v) is 7.49. The number of ether oxygens (including phenoxy) is 1. The highest BCUT2D eigenvalue weighted by Crippen LogP contribution is 2.23. The van der Waals surface area contributed by atoms with Gasteiger partial charge in [-0.15, -0.1) is 0 Å². The molecule has 1 aromatic carbocycles. The second kappa shape index (κ2) is 7.64. The fourth-order valence-corrected chi connectivity index (χ4v) is 3.66. The van der Waals surface area contributed by atoms with Crippen molar-refractivity contribution in [2.45, 2.75) is 49.8 Å². The summed E-state index contributed by atoms with van der Waals surface area (Å²) in [4.78, 5) is 0.326. The topological polar surface area (TPSA) is 55.4 Å². The summed E-state index contributed by atoms with van der Waals surface area (Å²) in [5, 5.41) is 2.90. The molecule has 5 heteroatoms. The minimum atomic E-state index is -3.31. The minimum absolute atomic E-state index is 0.185. The number of hydrogen-bond acceptors (Lipinski definition) is 4. The minimum Gasteiger partial charge on any atom is -0.497 e. The highest BCUT2D eigenvalue weighted by molar-refractivity contribution is 7.92. The van der Waals surface area contributed by atoms with E-state index < -0.39 is 15.1 Å². The van der Waals surface area contributed by atoms with Crippen LogP contribution in [0.15, 0.2) is 29.2 Å². The molecule has 20 heavy (non-hydrogen) atoms. The molecule has 1 aromatic rings. The van der Waals surface area contributed by atoms with Crippen molar-refractivity contribution >= 4 is 9.84 Å². The van der Waals surface area contributed by atoms with Crippen LogP contribution in [0, 0.1) is 0 Å². The first-order chi connectivity index (χ1) is 9.41. The lowest BCUT2D eigenvalue weighted by atomic mass is 10.2. The Morgan fingerprint density at radius 2 is 2.00 bits per heavy atom. The highest BCUT2D eigenvalue weighted by Gasteiger charge is 2.25. The lowest BCUT2D eigenvalue weighted by Gasteiger charge is -2.19. The van der Waals surface area contributed by atoms with Crippen LogP contribution in [-0.4, -0.2) is 33.4 Å². The zero-order valence-corrected chi connectivity index (χ0v) is 13.5. The van der Waals surface area contributed by atoms with Crippen LogP contribution in [0.1, 0.15) is 33.6 Å². The molecular formula is C15H25NO3S. The van der Waals surface area contributed by atoms with Gasteiger partial charge in [0.1, 0.15) is 5.75 Å².